The number of carbonyl (C=O) groups is 2. The summed E-state index contributed by atoms with van der Waals surface area (Å²) >= 11 is 0. The lowest BCUT2D eigenvalue weighted by atomic mass is 10.0. The highest BCUT2D eigenvalue weighted by Gasteiger charge is 1.96. The molecule has 0 bridgehead atoms. The van der Waals surface area contributed by atoms with Crippen molar-refractivity contribution in [1.29, 1.82) is 0 Å². The van der Waals surface area contributed by atoms with Crippen LogP contribution in [0.5, 0.6) is 0 Å². The van der Waals surface area contributed by atoms with Gasteiger partial charge in [-0.2, -0.15) is 0 Å². The Bertz CT molecular complexity index is 372. The molecule has 0 amide bonds. The molecular formula is C22H40O4. The van der Waals surface area contributed by atoms with Crippen LogP contribution in [0.4, 0.5) is 0 Å². The smallest absolute Gasteiger partial charge is 0.328 e. The van der Waals surface area contributed by atoms with Gasteiger partial charge in [0.15, 0.2) is 0 Å². The van der Waals surface area contributed by atoms with Gasteiger partial charge in [0.2, 0.25) is 0 Å². The van der Waals surface area contributed by atoms with Gasteiger partial charge in [-0.05, 0) is 13.3 Å². The summed E-state index contributed by atoms with van der Waals surface area (Å²) in [4.78, 5) is 20.1. The molecule has 0 radical (unpaired) electrons. The van der Waals surface area contributed by atoms with Crippen LogP contribution in [-0.2, 0) is 9.59 Å². The molecule has 0 rings (SSSR count). The topological polar surface area (TPSA) is 74.6 Å². The van der Waals surface area contributed by atoms with Crippen molar-refractivity contribution in [1.82, 2.24) is 0 Å². The average Bonchev–Trinajstić information content (AvgIpc) is 2.59. The van der Waals surface area contributed by atoms with E-state index in [0.717, 1.165) is 18.9 Å². The van der Waals surface area contributed by atoms with Crippen molar-refractivity contribution in [2.75, 3.05) is 0 Å². The Morgan fingerprint density at radius 1 is 0.692 bits per heavy atom. The lowest BCUT2D eigenvalue weighted by molar-refractivity contribution is -0.137. The van der Waals surface area contributed by atoms with Crippen molar-refractivity contribution in [3.63, 3.8) is 0 Å². The highest BCUT2D eigenvalue weighted by Crippen LogP contribution is 2.12. The first kappa shape index (κ1) is 26.6. The van der Waals surface area contributed by atoms with Gasteiger partial charge in [0.25, 0.3) is 0 Å². The van der Waals surface area contributed by atoms with Gasteiger partial charge >= 0.3 is 11.9 Å². The van der Waals surface area contributed by atoms with E-state index in [-0.39, 0.29) is 0 Å². The normalized spacial score (nSPS) is 10.8. The van der Waals surface area contributed by atoms with E-state index in [2.05, 4.69) is 6.92 Å². The molecule has 0 heterocycles. The number of carboxylic acids is 2. The predicted molar refractivity (Wildman–Crippen MR) is 110 cm³/mol. The van der Waals surface area contributed by atoms with Crippen LogP contribution >= 0.6 is 0 Å². The second kappa shape index (κ2) is 23.4. The molecule has 4 heteroatoms. The first-order valence-corrected chi connectivity index (χ1v) is 10.3. The van der Waals surface area contributed by atoms with E-state index in [9.17, 15) is 9.59 Å². The van der Waals surface area contributed by atoms with Crippen molar-refractivity contribution in [2.45, 2.75) is 104 Å². The molecule has 0 aromatic rings. The van der Waals surface area contributed by atoms with E-state index in [1.165, 1.54) is 76.7 Å². The molecular weight excluding hydrogens is 328 g/mol. The van der Waals surface area contributed by atoms with Crippen molar-refractivity contribution in [3.8, 4) is 0 Å². The number of carboxylic acid groups (broad SMARTS) is 2. The van der Waals surface area contributed by atoms with Crippen molar-refractivity contribution >= 4 is 11.9 Å². The van der Waals surface area contributed by atoms with Crippen LogP contribution in [0.1, 0.15) is 104 Å². The SMILES string of the molecule is C/C=C/C=C/C(=O)O.CCCCCCCCCCCCCCCC(=O)O. The number of aliphatic carboxylic acids is 2. The van der Waals surface area contributed by atoms with Crippen LogP contribution < -0.4 is 0 Å². The van der Waals surface area contributed by atoms with Crippen LogP contribution in [0, 0.1) is 0 Å². The van der Waals surface area contributed by atoms with Gasteiger partial charge in [-0.1, -0.05) is 102 Å². The Morgan fingerprint density at radius 3 is 1.46 bits per heavy atom. The lowest BCUT2D eigenvalue weighted by Gasteiger charge is -2.02. The Kier molecular flexibility index (Phi) is 24.0. The molecule has 0 aromatic carbocycles. The summed E-state index contributed by atoms with van der Waals surface area (Å²) in [6.45, 7) is 4.09. The summed E-state index contributed by atoms with van der Waals surface area (Å²) in [5, 5.41) is 16.5. The fraction of sp³-hybridized carbons (Fsp3) is 0.727. The molecule has 2 N–H and O–H groups in total. The number of hydrogen-bond acceptors (Lipinski definition) is 2. The van der Waals surface area contributed by atoms with Gasteiger partial charge in [-0.3, -0.25) is 4.79 Å². The van der Waals surface area contributed by atoms with Crippen molar-refractivity contribution in [3.05, 3.63) is 24.3 Å². The van der Waals surface area contributed by atoms with Crippen LogP contribution in [-0.4, -0.2) is 22.2 Å². The fourth-order valence-corrected chi connectivity index (χ4v) is 2.54. The maximum Gasteiger partial charge on any atom is 0.328 e. The molecule has 4 nitrogen and oxygen atoms in total. The van der Waals surface area contributed by atoms with E-state index >= 15 is 0 Å². The number of unbranched alkanes of at least 4 members (excludes halogenated alkanes) is 12. The zero-order valence-electron chi connectivity index (χ0n) is 16.9. The zero-order chi connectivity index (χ0) is 19.9. The highest BCUT2D eigenvalue weighted by molar-refractivity contribution is 5.80. The summed E-state index contributed by atoms with van der Waals surface area (Å²) < 4.78 is 0. The second-order valence-corrected chi connectivity index (χ2v) is 6.61. The third-order valence-corrected chi connectivity index (χ3v) is 4.04. The molecule has 0 spiro atoms. The van der Waals surface area contributed by atoms with Gasteiger partial charge in [-0.25, -0.2) is 4.79 Å². The van der Waals surface area contributed by atoms with E-state index in [1.54, 1.807) is 12.2 Å². The molecule has 0 fully saturated rings. The molecule has 0 saturated heterocycles. The Morgan fingerprint density at radius 2 is 1.12 bits per heavy atom. The molecule has 0 aliphatic carbocycles. The van der Waals surface area contributed by atoms with E-state index in [4.69, 9.17) is 10.2 Å². The highest BCUT2D eigenvalue weighted by atomic mass is 16.4. The molecule has 26 heavy (non-hydrogen) atoms. The summed E-state index contributed by atoms with van der Waals surface area (Å²) in [6.07, 6.45) is 23.3. The van der Waals surface area contributed by atoms with E-state index in [0.29, 0.717) is 6.42 Å². The van der Waals surface area contributed by atoms with Gasteiger partial charge in [0, 0.05) is 12.5 Å². The first-order chi connectivity index (χ1) is 12.5. The van der Waals surface area contributed by atoms with Gasteiger partial charge in [0.1, 0.15) is 0 Å². The Hall–Kier alpha value is -1.58. The third kappa shape index (κ3) is 30.3. The maximum atomic E-state index is 10.3. The average molecular weight is 369 g/mol. The number of allylic oxidation sites excluding steroid dienone is 3. The van der Waals surface area contributed by atoms with Crippen molar-refractivity contribution < 1.29 is 19.8 Å². The maximum absolute atomic E-state index is 10.3. The first-order valence-electron chi connectivity index (χ1n) is 10.3. The minimum Gasteiger partial charge on any atom is -0.481 e. The standard InChI is InChI=1S/C16H32O2.C6H8O2/c1-2-3-4-5-6-7-8-9-10-11-12-13-14-15-16(17)18;1-2-3-4-5-6(7)8/h2-15H2,1H3,(H,17,18);2-5H,1H3,(H,7,8)/b;3-2+,5-4+. The van der Waals surface area contributed by atoms with Gasteiger partial charge in [-0.15, -0.1) is 0 Å². The van der Waals surface area contributed by atoms with Crippen LogP contribution in [0.2, 0.25) is 0 Å². The molecule has 0 aromatic heterocycles. The van der Waals surface area contributed by atoms with E-state index in [1.807, 2.05) is 6.92 Å². The minimum absolute atomic E-state index is 0.345. The molecule has 0 aliphatic rings. The number of rotatable bonds is 16. The van der Waals surface area contributed by atoms with Crippen LogP contribution in [0.15, 0.2) is 24.3 Å². The fourth-order valence-electron chi connectivity index (χ4n) is 2.54. The molecule has 0 aliphatic heterocycles. The van der Waals surface area contributed by atoms with Gasteiger partial charge < -0.3 is 10.2 Å². The Labute approximate surface area is 160 Å². The van der Waals surface area contributed by atoms with Crippen LogP contribution in [0.25, 0.3) is 0 Å². The molecule has 0 atom stereocenters. The minimum atomic E-state index is -0.914. The second-order valence-electron chi connectivity index (χ2n) is 6.61. The summed E-state index contributed by atoms with van der Waals surface area (Å²) in [6, 6.07) is 0. The van der Waals surface area contributed by atoms with Crippen molar-refractivity contribution in [2.24, 2.45) is 0 Å². The molecule has 0 unspecified atom stereocenters. The monoisotopic (exact) mass is 368 g/mol. The summed E-state index contributed by atoms with van der Waals surface area (Å²) in [5.41, 5.74) is 0. The van der Waals surface area contributed by atoms with Gasteiger partial charge in [0.05, 0.1) is 0 Å². The Balaban J connectivity index is 0. The quantitative estimate of drug-likeness (QED) is 0.179. The number of hydrogen-bond donors (Lipinski definition) is 2. The molecule has 152 valence electrons. The summed E-state index contributed by atoms with van der Waals surface area (Å²) in [7, 11) is 0. The lowest BCUT2D eigenvalue weighted by Crippen LogP contribution is -1.93. The largest absolute Gasteiger partial charge is 0.481 e. The third-order valence-electron chi connectivity index (χ3n) is 4.04. The molecule has 0 saturated carbocycles. The summed E-state index contributed by atoms with van der Waals surface area (Å²) in [5.74, 6) is -1.57. The predicted octanol–water partition coefficient (Wildman–Crippen LogP) is 6.76. The van der Waals surface area contributed by atoms with Crippen LogP contribution in [0.3, 0.4) is 0 Å². The zero-order valence-corrected chi connectivity index (χ0v) is 16.9. The van der Waals surface area contributed by atoms with E-state index < -0.39 is 11.9 Å².